The van der Waals surface area contributed by atoms with Gasteiger partial charge in [-0.15, -0.1) is 10.2 Å². The van der Waals surface area contributed by atoms with Gasteiger partial charge in [-0.2, -0.15) is 5.10 Å². The normalized spacial score (nSPS) is 30.8. The first-order valence-electron chi connectivity index (χ1n) is 8.80. The maximum atomic E-state index is 4.89. The molecule has 2 aliphatic carbocycles. The van der Waals surface area contributed by atoms with E-state index in [-0.39, 0.29) is 0 Å². The third kappa shape index (κ3) is 2.17. The Hall–Kier alpha value is -2.49. The lowest BCUT2D eigenvalue weighted by Crippen LogP contribution is -2.37. The first-order valence-corrected chi connectivity index (χ1v) is 8.80. The second-order valence-corrected chi connectivity index (χ2v) is 7.02. The van der Waals surface area contributed by atoms with E-state index in [2.05, 4.69) is 45.6 Å². The minimum Gasteiger partial charge on any atom is -0.260 e. The summed E-state index contributed by atoms with van der Waals surface area (Å²) in [6.45, 7) is 0. The third-order valence-electron chi connectivity index (χ3n) is 5.71. The Morgan fingerprint density at radius 2 is 1.54 bits per heavy atom. The van der Waals surface area contributed by atoms with Crippen molar-refractivity contribution in [3.05, 3.63) is 60.7 Å². The fourth-order valence-corrected chi connectivity index (χ4v) is 4.72. The van der Waals surface area contributed by atoms with Gasteiger partial charge in [-0.25, -0.2) is 0 Å². The SMILES string of the molecule is c1ccc(N=NC2=NN(c3ccccc3)[C@@H]3[C@H]4CC[C@@H](C4)[C@@H]23)cc1. The molecular formula is C20H20N4. The van der Waals surface area contributed by atoms with Crippen LogP contribution in [0, 0.1) is 17.8 Å². The summed E-state index contributed by atoms with van der Waals surface area (Å²) in [4.78, 5) is 0. The maximum Gasteiger partial charge on any atom is 0.176 e. The van der Waals surface area contributed by atoms with Gasteiger partial charge in [0.05, 0.1) is 17.4 Å². The molecule has 2 saturated carbocycles. The molecule has 0 amide bonds. The lowest BCUT2D eigenvalue weighted by atomic mass is 9.84. The average Bonchev–Trinajstić information content (AvgIpc) is 3.34. The van der Waals surface area contributed by atoms with E-state index in [0.717, 1.165) is 23.4 Å². The molecule has 0 spiro atoms. The molecule has 5 rings (SSSR count). The van der Waals surface area contributed by atoms with E-state index >= 15 is 0 Å². The summed E-state index contributed by atoms with van der Waals surface area (Å²) in [7, 11) is 0. The van der Waals surface area contributed by atoms with Gasteiger partial charge in [-0.1, -0.05) is 36.4 Å². The summed E-state index contributed by atoms with van der Waals surface area (Å²) in [6.07, 6.45) is 3.96. The second kappa shape index (κ2) is 5.55. The maximum absolute atomic E-state index is 4.89. The molecule has 1 aliphatic heterocycles. The Morgan fingerprint density at radius 1 is 0.833 bits per heavy atom. The molecule has 2 fully saturated rings. The molecule has 0 saturated heterocycles. The van der Waals surface area contributed by atoms with Crippen LogP contribution in [0.5, 0.6) is 0 Å². The zero-order valence-corrected chi connectivity index (χ0v) is 13.5. The van der Waals surface area contributed by atoms with Crippen molar-refractivity contribution in [1.29, 1.82) is 0 Å². The number of hydrogen-bond donors (Lipinski definition) is 0. The molecule has 0 radical (unpaired) electrons. The molecule has 4 heteroatoms. The van der Waals surface area contributed by atoms with Crippen LogP contribution in [0.1, 0.15) is 19.3 Å². The first kappa shape index (κ1) is 13.9. The monoisotopic (exact) mass is 316 g/mol. The van der Waals surface area contributed by atoms with Gasteiger partial charge in [0.25, 0.3) is 0 Å². The van der Waals surface area contributed by atoms with Crippen molar-refractivity contribution < 1.29 is 0 Å². The molecule has 0 N–H and O–H groups in total. The van der Waals surface area contributed by atoms with E-state index in [1.165, 1.54) is 24.9 Å². The van der Waals surface area contributed by atoms with Crippen LogP contribution in [-0.4, -0.2) is 11.9 Å². The number of nitrogens with zero attached hydrogens (tertiary/aromatic N) is 4. The fourth-order valence-electron chi connectivity index (χ4n) is 4.72. The topological polar surface area (TPSA) is 40.3 Å². The van der Waals surface area contributed by atoms with Gasteiger partial charge in [0.2, 0.25) is 0 Å². The van der Waals surface area contributed by atoms with Crippen molar-refractivity contribution in [2.45, 2.75) is 25.3 Å². The lowest BCUT2D eigenvalue weighted by Gasteiger charge is -2.30. The van der Waals surface area contributed by atoms with Crippen molar-refractivity contribution in [3.63, 3.8) is 0 Å². The van der Waals surface area contributed by atoms with Gasteiger partial charge in [0.1, 0.15) is 0 Å². The quantitative estimate of drug-likeness (QED) is 0.717. The highest BCUT2D eigenvalue weighted by Crippen LogP contribution is 2.54. The minimum absolute atomic E-state index is 0.441. The number of para-hydroxylation sites is 1. The summed E-state index contributed by atoms with van der Waals surface area (Å²) in [6, 6.07) is 20.9. The van der Waals surface area contributed by atoms with Crippen LogP contribution < -0.4 is 5.01 Å². The van der Waals surface area contributed by atoms with Crippen molar-refractivity contribution in [1.82, 2.24) is 0 Å². The smallest absolute Gasteiger partial charge is 0.176 e. The van der Waals surface area contributed by atoms with E-state index in [9.17, 15) is 0 Å². The van der Waals surface area contributed by atoms with Gasteiger partial charge in [0, 0.05) is 5.92 Å². The lowest BCUT2D eigenvalue weighted by molar-refractivity contribution is 0.362. The zero-order valence-electron chi connectivity index (χ0n) is 13.5. The van der Waals surface area contributed by atoms with Gasteiger partial charge in [-0.3, -0.25) is 5.01 Å². The highest BCUT2D eigenvalue weighted by atomic mass is 15.5. The van der Waals surface area contributed by atoms with Gasteiger partial charge < -0.3 is 0 Å². The predicted octanol–water partition coefficient (Wildman–Crippen LogP) is 5.02. The van der Waals surface area contributed by atoms with Crippen molar-refractivity contribution in [3.8, 4) is 0 Å². The number of amidine groups is 1. The van der Waals surface area contributed by atoms with E-state index in [4.69, 9.17) is 5.10 Å². The Bertz CT molecular complexity index is 784. The molecule has 2 aromatic carbocycles. The molecule has 24 heavy (non-hydrogen) atoms. The Balaban J connectivity index is 1.50. The number of fused-ring (bicyclic) bond motifs is 5. The summed E-state index contributed by atoms with van der Waals surface area (Å²) in [5, 5.41) is 16.1. The Morgan fingerprint density at radius 3 is 2.33 bits per heavy atom. The molecule has 2 aromatic rings. The fraction of sp³-hybridized carbons (Fsp3) is 0.350. The molecule has 0 aromatic heterocycles. The minimum atomic E-state index is 0.441. The van der Waals surface area contributed by atoms with E-state index < -0.39 is 0 Å². The number of anilines is 1. The zero-order chi connectivity index (χ0) is 15.9. The van der Waals surface area contributed by atoms with Crippen LogP contribution in [-0.2, 0) is 0 Å². The number of hydrogen-bond acceptors (Lipinski definition) is 4. The summed E-state index contributed by atoms with van der Waals surface area (Å²) in [5.74, 6) is 2.83. The first-order chi connectivity index (χ1) is 11.9. The van der Waals surface area contributed by atoms with E-state index in [0.29, 0.717) is 12.0 Å². The van der Waals surface area contributed by atoms with Crippen LogP contribution in [0.25, 0.3) is 0 Å². The van der Waals surface area contributed by atoms with Crippen LogP contribution in [0.4, 0.5) is 11.4 Å². The summed E-state index contributed by atoms with van der Waals surface area (Å²) >= 11 is 0. The summed E-state index contributed by atoms with van der Waals surface area (Å²) in [5.41, 5.74) is 2.06. The number of hydrazone groups is 1. The Kier molecular flexibility index (Phi) is 3.21. The van der Waals surface area contributed by atoms with Gasteiger partial charge in [0.15, 0.2) is 5.84 Å². The molecule has 1 heterocycles. The number of benzene rings is 2. The second-order valence-electron chi connectivity index (χ2n) is 7.02. The van der Waals surface area contributed by atoms with Crippen LogP contribution in [0.15, 0.2) is 76.0 Å². The van der Waals surface area contributed by atoms with Crippen molar-refractivity contribution in [2.75, 3.05) is 5.01 Å². The Labute approximate surface area is 141 Å². The standard InChI is InChI=1S/C20H20N4/c1-3-7-16(8-4-1)21-22-20-18-14-11-12-15(13-14)19(18)24(23-20)17-9-5-2-6-10-17/h1-10,14-15,18-19H,11-13H2/t14-,15-,18+,19+/m0/s1. The molecule has 2 bridgehead atoms. The van der Waals surface area contributed by atoms with Crippen molar-refractivity contribution >= 4 is 17.2 Å². The van der Waals surface area contributed by atoms with Crippen molar-refractivity contribution in [2.24, 2.45) is 33.1 Å². The molecule has 0 unspecified atom stereocenters. The number of azo groups is 1. The molecule has 4 atom stereocenters. The summed E-state index contributed by atoms with van der Waals surface area (Å²) < 4.78 is 0. The predicted molar refractivity (Wildman–Crippen MR) is 95.4 cm³/mol. The van der Waals surface area contributed by atoms with E-state index in [1.54, 1.807) is 0 Å². The highest BCUT2D eigenvalue weighted by molar-refractivity contribution is 5.90. The van der Waals surface area contributed by atoms with E-state index in [1.807, 2.05) is 30.3 Å². The average molecular weight is 316 g/mol. The van der Waals surface area contributed by atoms with Crippen LogP contribution in [0.3, 0.4) is 0 Å². The molecular weight excluding hydrogens is 296 g/mol. The van der Waals surface area contributed by atoms with Gasteiger partial charge in [-0.05, 0) is 55.4 Å². The highest BCUT2D eigenvalue weighted by Gasteiger charge is 2.55. The molecule has 120 valence electrons. The van der Waals surface area contributed by atoms with Crippen LogP contribution in [0.2, 0.25) is 0 Å². The molecule has 3 aliphatic rings. The third-order valence-corrected chi connectivity index (χ3v) is 5.71. The van der Waals surface area contributed by atoms with Crippen LogP contribution >= 0.6 is 0 Å². The van der Waals surface area contributed by atoms with Gasteiger partial charge >= 0.3 is 0 Å². The largest absolute Gasteiger partial charge is 0.260 e. The molecule has 4 nitrogen and oxygen atoms in total. The number of rotatable bonds is 2.